The molecule has 0 aliphatic carbocycles. The van der Waals surface area contributed by atoms with Crippen molar-refractivity contribution in [2.75, 3.05) is 10.2 Å². The van der Waals surface area contributed by atoms with E-state index in [4.69, 9.17) is 16.3 Å². The Labute approximate surface area is 207 Å². The minimum atomic E-state index is -0.619. The molecule has 0 atom stereocenters. The maximum Gasteiger partial charge on any atom is 0.343 e. The molecular formula is C24H14ClIN2O5. The first-order valence-electron chi connectivity index (χ1n) is 9.56. The first-order valence-corrected chi connectivity index (χ1v) is 11.0. The number of nitrogens with zero attached hydrogens (tertiary/aromatic N) is 1. The molecule has 3 aromatic carbocycles. The van der Waals surface area contributed by atoms with Gasteiger partial charge in [0.15, 0.2) is 0 Å². The van der Waals surface area contributed by atoms with Crippen LogP contribution in [0.15, 0.2) is 83.5 Å². The minimum Gasteiger partial charge on any atom is -0.423 e. The lowest BCUT2D eigenvalue weighted by Gasteiger charge is -2.15. The summed E-state index contributed by atoms with van der Waals surface area (Å²) in [5.74, 6) is -1.48. The molecule has 0 saturated carbocycles. The molecule has 3 aromatic rings. The topological polar surface area (TPSA) is 92.8 Å². The maximum absolute atomic E-state index is 12.8. The van der Waals surface area contributed by atoms with Gasteiger partial charge in [-0.15, -0.1) is 0 Å². The average Bonchev–Trinajstić information content (AvgIpc) is 3.04. The Morgan fingerprint density at radius 2 is 1.55 bits per heavy atom. The minimum absolute atomic E-state index is 0.0502. The van der Waals surface area contributed by atoms with E-state index in [1.54, 1.807) is 48.5 Å². The number of nitrogens with one attached hydrogen (secondary N) is 1. The fourth-order valence-electron chi connectivity index (χ4n) is 3.05. The number of benzene rings is 3. The SMILES string of the molecule is O=Cc1ccc(OC(=O)c2ccc(NC3=C(Cl)C(=O)N(c4ccc(I)cc4)C3=O)cc2)cc1. The number of carbonyl (C=O) groups excluding carboxylic acids is 4. The number of hydrogen-bond donors (Lipinski definition) is 1. The van der Waals surface area contributed by atoms with Gasteiger partial charge in [-0.05, 0) is 95.4 Å². The number of imide groups is 1. The number of carbonyl (C=O) groups is 4. The van der Waals surface area contributed by atoms with Crippen LogP contribution in [-0.4, -0.2) is 24.1 Å². The summed E-state index contributed by atoms with van der Waals surface area (Å²) in [5, 5.41) is 2.64. The molecule has 0 unspecified atom stereocenters. The Kier molecular flexibility index (Phi) is 6.57. The molecular weight excluding hydrogens is 559 g/mol. The molecule has 33 heavy (non-hydrogen) atoms. The smallest absolute Gasteiger partial charge is 0.343 e. The highest BCUT2D eigenvalue weighted by atomic mass is 127. The highest BCUT2D eigenvalue weighted by molar-refractivity contribution is 14.1. The third-order valence-corrected chi connectivity index (χ3v) is 5.80. The van der Waals surface area contributed by atoms with Gasteiger partial charge < -0.3 is 10.1 Å². The van der Waals surface area contributed by atoms with Crippen molar-refractivity contribution >= 4 is 69.6 Å². The molecule has 164 valence electrons. The van der Waals surface area contributed by atoms with Gasteiger partial charge in [0, 0.05) is 14.8 Å². The van der Waals surface area contributed by atoms with Gasteiger partial charge in [0.2, 0.25) is 0 Å². The number of halogens is 2. The summed E-state index contributed by atoms with van der Waals surface area (Å²) < 4.78 is 6.24. The number of amides is 2. The fraction of sp³-hybridized carbons (Fsp3) is 0. The van der Waals surface area contributed by atoms with Crippen molar-refractivity contribution in [2.24, 2.45) is 0 Å². The van der Waals surface area contributed by atoms with Crippen LogP contribution in [0, 0.1) is 3.57 Å². The Balaban J connectivity index is 1.46. The Morgan fingerprint density at radius 1 is 0.909 bits per heavy atom. The van der Waals surface area contributed by atoms with Gasteiger partial charge in [0.05, 0.1) is 11.3 Å². The van der Waals surface area contributed by atoms with Gasteiger partial charge in [-0.25, -0.2) is 9.69 Å². The van der Waals surface area contributed by atoms with Crippen molar-refractivity contribution in [2.45, 2.75) is 0 Å². The van der Waals surface area contributed by atoms with Gasteiger partial charge in [-0.2, -0.15) is 0 Å². The normalized spacial score (nSPS) is 13.3. The van der Waals surface area contributed by atoms with Gasteiger partial charge in [0.25, 0.3) is 11.8 Å². The lowest BCUT2D eigenvalue weighted by atomic mass is 10.2. The lowest BCUT2D eigenvalue weighted by Crippen LogP contribution is -2.32. The quantitative estimate of drug-likeness (QED) is 0.151. The van der Waals surface area contributed by atoms with Crippen molar-refractivity contribution in [3.05, 3.63) is 98.2 Å². The molecule has 1 heterocycles. The van der Waals surface area contributed by atoms with Crippen molar-refractivity contribution in [1.29, 1.82) is 0 Å². The monoisotopic (exact) mass is 572 g/mol. The third-order valence-electron chi connectivity index (χ3n) is 4.73. The summed E-state index contributed by atoms with van der Waals surface area (Å²) in [6, 6.07) is 19.2. The zero-order valence-electron chi connectivity index (χ0n) is 16.7. The lowest BCUT2D eigenvalue weighted by molar-refractivity contribution is -0.120. The molecule has 9 heteroatoms. The highest BCUT2D eigenvalue weighted by Gasteiger charge is 2.38. The third kappa shape index (κ3) is 4.81. The molecule has 0 aromatic heterocycles. The molecule has 1 aliphatic rings. The van der Waals surface area contributed by atoms with Crippen LogP contribution in [0.2, 0.25) is 0 Å². The van der Waals surface area contributed by atoms with Crippen LogP contribution >= 0.6 is 34.2 Å². The Hall–Kier alpha value is -3.50. The predicted molar refractivity (Wildman–Crippen MR) is 131 cm³/mol. The number of rotatable bonds is 6. The van der Waals surface area contributed by atoms with Gasteiger partial charge >= 0.3 is 5.97 Å². The van der Waals surface area contributed by atoms with E-state index in [-0.39, 0.29) is 16.3 Å². The second-order valence-electron chi connectivity index (χ2n) is 6.89. The maximum atomic E-state index is 12.8. The number of hydrogen-bond acceptors (Lipinski definition) is 6. The molecule has 1 N–H and O–H groups in total. The van der Waals surface area contributed by atoms with Gasteiger partial charge in [0.1, 0.15) is 22.8 Å². The van der Waals surface area contributed by atoms with Crippen molar-refractivity contribution in [3.63, 3.8) is 0 Å². The van der Waals surface area contributed by atoms with Crippen LogP contribution in [0.1, 0.15) is 20.7 Å². The van der Waals surface area contributed by atoms with E-state index in [1.165, 1.54) is 24.3 Å². The van der Waals surface area contributed by atoms with E-state index < -0.39 is 17.8 Å². The predicted octanol–water partition coefficient (Wildman–Crippen LogP) is 4.76. The molecule has 4 rings (SSSR count). The van der Waals surface area contributed by atoms with Crippen molar-refractivity contribution in [1.82, 2.24) is 0 Å². The van der Waals surface area contributed by atoms with E-state index in [2.05, 4.69) is 27.9 Å². The summed E-state index contributed by atoms with van der Waals surface area (Å²) in [6.45, 7) is 0. The number of ether oxygens (including phenoxy) is 1. The Bertz CT molecular complexity index is 1290. The standard InChI is InChI=1S/C24H14ClIN2O5/c25-20-21(23(31)28(22(20)30)18-9-5-16(26)6-10-18)27-17-7-3-15(4-8-17)24(32)33-19-11-1-14(13-29)2-12-19/h1-13,27H. The second kappa shape index (κ2) is 9.55. The largest absolute Gasteiger partial charge is 0.423 e. The molecule has 2 amide bonds. The van der Waals surface area contributed by atoms with Gasteiger partial charge in [-0.1, -0.05) is 11.6 Å². The summed E-state index contributed by atoms with van der Waals surface area (Å²) in [7, 11) is 0. The van der Waals surface area contributed by atoms with Crippen LogP contribution in [-0.2, 0) is 9.59 Å². The van der Waals surface area contributed by atoms with Crippen molar-refractivity contribution in [3.8, 4) is 5.75 Å². The van der Waals surface area contributed by atoms with Crippen LogP contribution in [0.25, 0.3) is 0 Å². The second-order valence-corrected chi connectivity index (χ2v) is 8.51. The fourth-order valence-corrected chi connectivity index (χ4v) is 3.62. The molecule has 0 radical (unpaired) electrons. The average molecular weight is 573 g/mol. The Morgan fingerprint density at radius 3 is 2.15 bits per heavy atom. The van der Waals surface area contributed by atoms with E-state index in [0.29, 0.717) is 29.0 Å². The summed E-state index contributed by atoms with van der Waals surface area (Å²) in [5.41, 5.74) is 1.57. The number of anilines is 2. The highest BCUT2D eigenvalue weighted by Crippen LogP contribution is 2.30. The molecule has 0 fully saturated rings. The van der Waals surface area contributed by atoms with Crippen LogP contribution < -0.4 is 15.0 Å². The van der Waals surface area contributed by atoms with Crippen LogP contribution in [0.5, 0.6) is 5.75 Å². The molecule has 0 bridgehead atoms. The molecule has 0 spiro atoms. The van der Waals surface area contributed by atoms with E-state index in [0.717, 1.165) is 8.47 Å². The first kappa shape index (κ1) is 22.7. The van der Waals surface area contributed by atoms with E-state index in [9.17, 15) is 19.2 Å². The van der Waals surface area contributed by atoms with E-state index in [1.807, 2.05) is 0 Å². The van der Waals surface area contributed by atoms with Crippen LogP contribution in [0.4, 0.5) is 11.4 Å². The zero-order chi connectivity index (χ0) is 23.5. The number of aldehydes is 1. The van der Waals surface area contributed by atoms with E-state index >= 15 is 0 Å². The zero-order valence-corrected chi connectivity index (χ0v) is 19.7. The van der Waals surface area contributed by atoms with Crippen LogP contribution in [0.3, 0.4) is 0 Å². The summed E-state index contributed by atoms with van der Waals surface area (Å²) in [6.07, 6.45) is 0.696. The summed E-state index contributed by atoms with van der Waals surface area (Å²) in [4.78, 5) is 49.5. The number of esters is 1. The molecule has 1 aliphatic heterocycles. The molecule has 7 nitrogen and oxygen atoms in total. The summed E-state index contributed by atoms with van der Waals surface area (Å²) >= 11 is 8.28. The van der Waals surface area contributed by atoms with Gasteiger partial charge in [-0.3, -0.25) is 14.4 Å². The van der Waals surface area contributed by atoms with Crippen molar-refractivity contribution < 1.29 is 23.9 Å². The first-order chi connectivity index (χ1) is 15.9. The molecule has 0 saturated heterocycles.